The Labute approximate surface area is 134 Å². The SMILES string of the molecule is CCCC(CBr)(CCC)CS(=O)(=O)c1cc(F)ccc1F. The Morgan fingerprint density at radius 1 is 1.14 bits per heavy atom. The van der Waals surface area contributed by atoms with Gasteiger partial charge >= 0.3 is 0 Å². The highest BCUT2D eigenvalue weighted by atomic mass is 79.9. The predicted molar refractivity (Wildman–Crippen MR) is 84.5 cm³/mol. The van der Waals surface area contributed by atoms with E-state index in [9.17, 15) is 17.2 Å². The summed E-state index contributed by atoms with van der Waals surface area (Å²) < 4.78 is 52.0. The number of alkyl halides is 1. The average Bonchev–Trinajstić information content (AvgIpc) is 2.41. The van der Waals surface area contributed by atoms with Gasteiger partial charge in [0.25, 0.3) is 0 Å². The number of benzene rings is 1. The smallest absolute Gasteiger partial charge is 0.181 e. The van der Waals surface area contributed by atoms with Crippen LogP contribution in [0.5, 0.6) is 0 Å². The zero-order chi connectivity index (χ0) is 16.1. The van der Waals surface area contributed by atoms with Gasteiger partial charge in [0.05, 0.1) is 5.75 Å². The zero-order valence-corrected chi connectivity index (χ0v) is 14.7. The van der Waals surface area contributed by atoms with Gasteiger partial charge in [0.2, 0.25) is 0 Å². The van der Waals surface area contributed by atoms with E-state index in [1.165, 1.54) is 0 Å². The highest BCUT2D eigenvalue weighted by Gasteiger charge is 2.35. The van der Waals surface area contributed by atoms with Gasteiger partial charge in [-0.2, -0.15) is 0 Å². The minimum atomic E-state index is -3.87. The molecule has 6 heteroatoms. The van der Waals surface area contributed by atoms with Gasteiger partial charge in [-0.1, -0.05) is 42.6 Å². The van der Waals surface area contributed by atoms with Gasteiger partial charge in [0, 0.05) is 5.33 Å². The van der Waals surface area contributed by atoms with Crippen molar-refractivity contribution >= 4 is 25.8 Å². The largest absolute Gasteiger partial charge is 0.224 e. The van der Waals surface area contributed by atoms with Crippen molar-refractivity contribution in [3.05, 3.63) is 29.8 Å². The lowest BCUT2D eigenvalue weighted by Crippen LogP contribution is -2.32. The maximum Gasteiger partial charge on any atom is 0.181 e. The van der Waals surface area contributed by atoms with Crippen LogP contribution in [0.3, 0.4) is 0 Å². The van der Waals surface area contributed by atoms with Crippen LogP contribution < -0.4 is 0 Å². The standard InChI is InChI=1S/C15H21BrF2O2S/c1-3-7-15(10-16,8-4-2)11-21(19,20)14-9-12(17)5-6-13(14)18/h5-6,9H,3-4,7-8,10-11H2,1-2H3. The van der Waals surface area contributed by atoms with Crippen molar-refractivity contribution < 1.29 is 17.2 Å². The molecular weight excluding hydrogens is 362 g/mol. The van der Waals surface area contributed by atoms with Gasteiger partial charge in [-0.25, -0.2) is 17.2 Å². The van der Waals surface area contributed by atoms with E-state index in [4.69, 9.17) is 0 Å². The van der Waals surface area contributed by atoms with Gasteiger partial charge < -0.3 is 0 Å². The Morgan fingerprint density at radius 3 is 2.19 bits per heavy atom. The maximum atomic E-state index is 13.8. The maximum absolute atomic E-state index is 13.8. The second-order valence-corrected chi connectivity index (χ2v) is 7.99. The lowest BCUT2D eigenvalue weighted by atomic mass is 9.83. The molecule has 0 fully saturated rings. The zero-order valence-electron chi connectivity index (χ0n) is 12.3. The molecule has 0 radical (unpaired) electrons. The molecule has 2 nitrogen and oxygen atoms in total. The first-order valence-corrected chi connectivity index (χ1v) is 9.81. The number of halogens is 3. The minimum absolute atomic E-state index is 0.173. The van der Waals surface area contributed by atoms with Gasteiger partial charge in [0.15, 0.2) is 9.84 Å². The van der Waals surface area contributed by atoms with Crippen LogP contribution in [0.15, 0.2) is 23.1 Å². The highest BCUT2D eigenvalue weighted by Crippen LogP contribution is 2.36. The van der Waals surface area contributed by atoms with Crippen LogP contribution in [-0.4, -0.2) is 19.5 Å². The van der Waals surface area contributed by atoms with E-state index >= 15 is 0 Å². The molecule has 0 heterocycles. The summed E-state index contributed by atoms with van der Waals surface area (Å²) >= 11 is 3.40. The summed E-state index contributed by atoms with van der Waals surface area (Å²) in [4.78, 5) is -0.542. The first-order valence-electron chi connectivity index (χ1n) is 7.04. The highest BCUT2D eigenvalue weighted by molar-refractivity contribution is 9.09. The summed E-state index contributed by atoms with van der Waals surface area (Å²) in [6.07, 6.45) is 3.13. The Hall–Kier alpha value is -0.490. The van der Waals surface area contributed by atoms with Crippen molar-refractivity contribution in [3.8, 4) is 0 Å². The molecule has 0 saturated heterocycles. The third kappa shape index (κ3) is 4.74. The monoisotopic (exact) mass is 382 g/mol. The van der Waals surface area contributed by atoms with E-state index in [-0.39, 0.29) is 5.75 Å². The first-order chi connectivity index (χ1) is 9.80. The van der Waals surface area contributed by atoms with Gasteiger partial charge in [-0.3, -0.25) is 0 Å². The minimum Gasteiger partial charge on any atom is -0.224 e. The van der Waals surface area contributed by atoms with Crippen LogP contribution >= 0.6 is 15.9 Å². The van der Waals surface area contributed by atoms with Crippen LogP contribution in [0.2, 0.25) is 0 Å². The molecule has 21 heavy (non-hydrogen) atoms. The second kappa shape index (κ2) is 7.68. The van der Waals surface area contributed by atoms with Crippen LogP contribution in [0, 0.1) is 17.0 Å². The Bertz CT molecular complexity index is 567. The Kier molecular flexibility index (Phi) is 6.78. The fourth-order valence-electron chi connectivity index (χ4n) is 2.70. The van der Waals surface area contributed by atoms with E-state index in [2.05, 4.69) is 15.9 Å². The molecular formula is C15H21BrF2O2S. The van der Waals surface area contributed by atoms with E-state index in [0.717, 1.165) is 43.9 Å². The van der Waals surface area contributed by atoms with Gasteiger partial charge in [-0.15, -0.1) is 0 Å². The van der Waals surface area contributed by atoms with Crippen molar-refractivity contribution in [1.29, 1.82) is 0 Å². The van der Waals surface area contributed by atoms with Crippen LogP contribution in [0.1, 0.15) is 39.5 Å². The third-order valence-electron chi connectivity index (χ3n) is 3.57. The Morgan fingerprint density at radius 2 is 1.71 bits per heavy atom. The third-order valence-corrected chi connectivity index (χ3v) is 6.73. The average molecular weight is 383 g/mol. The van der Waals surface area contributed by atoms with E-state index in [1.54, 1.807) is 0 Å². The summed E-state index contributed by atoms with van der Waals surface area (Å²) in [6.45, 7) is 3.98. The number of sulfone groups is 1. The number of hydrogen-bond acceptors (Lipinski definition) is 2. The molecule has 0 aliphatic carbocycles. The fraction of sp³-hybridized carbons (Fsp3) is 0.600. The Balaban J connectivity index is 3.19. The van der Waals surface area contributed by atoms with Gasteiger partial charge in [-0.05, 0) is 36.5 Å². The quantitative estimate of drug-likeness (QED) is 0.609. The molecule has 0 aliphatic heterocycles. The van der Waals surface area contributed by atoms with E-state index in [0.29, 0.717) is 5.33 Å². The summed E-state index contributed by atoms with van der Waals surface area (Å²) in [5.74, 6) is -1.81. The molecule has 0 amide bonds. The van der Waals surface area contributed by atoms with Crippen molar-refractivity contribution in [1.82, 2.24) is 0 Å². The second-order valence-electron chi connectivity index (χ2n) is 5.47. The molecule has 0 aliphatic rings. The topological polar surface area (TPSA) is 34.1 Å². The molecule has 1 aromatic carbocycles. The van der Waals surface area contributed by atoms with Crippen LogP contribution in [-0.2, 0) is 9.84 Å². The molecule has 0 bridgehead atoms. The molecule has 0 aromatic heterocycles. The molecule has 120 valence electrons. The number of rotatable bonds is 8. The predicted octanol–water partition coefficient (Wildman–Crippen LogP) is 4.72. The first kappa shape index (κ1) is 18.6. The molecule has 0 unspecified atom stereocenters. The summed E-state index contributed by atoms with van der Waals surface area (Å²) in [6, 6.07) is 2.55. The van der Waals surface area contributed by atoms with Crippen molar-refractivity contribution in [2.75, 3.05) is 11.1 Å². The summed E-state index contributed by atoms with van der Waals surface area (Å²) in [5, 5.41) is 0.526. The van der Waals surface area contributed by atoms with Crippen LogP contribution in [0.25, 0.3) is 0 Å². The van der Waals surface area contributed by atoms with Gasteiger partial charge in [0.1, 0.15) is 16.5 Å². The molecule has 0 spiro atoms. The molecule has 1 rings (SSSR count). The summed E-state index contributed by atoms with van der Waals surface area (Å²) in [7, 11) is -3.87. The van der Waals surface area contributed by atoms with E-state index < -0.39 is 31.8 Å². The molecule has 0 N–H and O–H groups in total. The van der Waals surface area contributed by atoms with E-state index in [1.807, 2.05) is 13.8 Å². The van der Waals surface area contributed by atoms with Crippen molar-refractivity contribution in [3.63, 3.8) is 0 Å². The molecule has 0 saturated carbocycles. The normalized spacial score (nSPS) is 12.6. The lowest BCUT2D eigenvalue weighted by Gasteiger charge is -2.31. The number of hydrogen-bond donors (Lipinski definition) is 0. The lowest BCUT2D eigenvalue weighted by molar-refractivity contribution is 0.313. The van der Waals surface area contributed by atoms with Crippen molar-refractivity contribution in [2.45, 2.75) is 44.4 Å². The fourth-order valence-corrected chi connectivity index (χ4v) is 5.73. The summed E-state index contributed by atoms with van der Waals surface area (Å²) in [5.41, 5.74) is -0.443. The molecule has 0 atom stereocenters. The molecule has 1 aromatic rings. The van der Waals surface area contributed by atoms with Crippen molar-refractivity contribution in [2.24, 2.45) is 5.41 Å². The van der Waals surface area contributed by atoms with Crippen LogP contribution in [0.4, 0.5) is 8.78 Å².